The third-order valence-electron chi connectivity index (χ3n) is 6.45. The van der Waals surface area contributed by atoms with Gasteiger partial charge in [-0.2, -0.15) is 0 Å². The number of nitrogens with zero attached hydrogens (tertiary/aromatic N) is 1. The van der Waals surface area contributed by atoms with Crippen molar-refractivity contribution in [1.82, 2.24) is 4.90 Å². The van der Waals surface area contributed by atoms with Crippen molar-refractivity contribution in [3.8, 4) is 0 Å². The van der Waals surface area contributed by atoms with Gasteiger partial charge in [0, 0.05) is 12.5 Å². The largest absolute Gasteiger partial charge is 0.464 e. The lowest BCUT2D eigenvalue weighted by Gasteiger charge is -2.39. The second kappa shape index (κ2) is 11.9. The van der Waals surface area contributed by atoms with Crippen molar-refractivity contribution in [1.29, 1.82) is 0 Å². The van der Waals surface area contributed by atoms with Gasteiger partial charge < -0.3 is 24.6 Å². The summed E-state index contributed by atoms with van der Waals surface area (Å²) in [5, 5.41) is 20.6. The molecule has 0 spiro atoms. The van der Waals surface area contributed by atoms with Crippen LogP contribution < -0.4 is 0 Å². The van der Waals surface area contributed by atoms with Crippen LogP contribution in [0.2, 0.25) is 0 Å². The number of hydrogen-bond donors (Lipinski definition) is 2. The van der Waals surface area contributed by atoms with Crippen LogP contribution in [0.3, 0.4) is 0 Å². The molecule has 0 aromatic carbocycles. The number of ketones is 1. The minimum Gasteiger partial charge on any atom is -0.464 e. The molecule has 0 aromatic heterocycles. The molecule has 0 aliphatic carbocycles. The summed E-state index contributed by atoms with van der Waals surface area (Å²) in [4.78, 5) is 39.7. The van der Waals surface area contributed by atoms with E-state index >= 15 is 0 Å². The molecule has 2 saturated heterocycles. The van der Waals surface area contributed by atoms with E-state index in [1.807, 2.05) is 13.8 Å². The fraction of sp³-hybridized carbons (Fsp3) is 0.870. The highest BCUT2D eigenvalue weighted by molar-refractivity contribution is 6.39. The van der Waals surface area contributed by atoms with Gasteiger partial charge >= 0.3 is 5.97 Å². The Labute approximate surface area is 185 Å². The van der Waals surface area contributed by atoms with Crippen LogP contribution in [0.1, 0.15) is 78.6 Å². The van der Waals surface area contributed by atoms with Crippen LogP contribution in [-0.4, -0.2) is 70.5 Å². The molecular weight excluding hydrogens is 402 g/mol. The number of aliphatic hydroxyl groups is 2. The highest BCUT2D eigenvalue weighted by atomic mass is 16.6. The van der Waals surface area contributed by atoms with Crippen LogP contribution >= 0.6 is 0 Å². The number of rotatable bonds is 10. The molecule has 5 atom stereocenters. The van der Waals surface area contributed by atoms with E-state index in [-0.39, 0.29) is 31.8 Å². The number of ether oxygens (including phenoxy) is 2. The Morgan fingerprint density at radius 1 is 1.16 bits per heavy atom. The molecule has 0 radical (unpaired) electrons. The topological polar surface area (TPSA) is 113 Å². The van der Waals surface area contributed by atoms with Crippen molar-refractivity contribution in [3.63, 3.8) is 0 Å². The van der Waals surface area contributed by atoms with Gasteiger partial charge in [0.15, 0.2) is 0 Å². The average Bonchev–Trinajstić information content (AvgIpc) is 2.77. The lowest BCUT2D eigenvalue weighted by Crippen LogP contribution is -2.59. The van der Waals surface area contributed by atoms with Crippen molar-refractivity contribution in [3.05, 3.63) is 0 Å². The molecular formula is C23H39NO7. The van der Waals surface area contributed by atoms with Crippen LogP contribution in [0.15, 0.2) is 0 Å². The second-order valence-electron chi connectivity index (χ2n) is 9.18. The molecule has 2 N–H and O–H groups in total. The molecule has 2 rings (SSSR count). The minimum absolute atomic E-state index is 0.0852. The predicted molar refractivity (Wildman–Crippen MR) is 114 cm³/mol. The average molecular weight is 442 g/mol. The number of amides is 1. The number of carbonyl (C=O) groups excluding carboxylic acids is 3. The van der Waals surface area contributed by atoms with Gasteiger partial charge in [0.05, 0.1) is 19.3 Å². The number of aliphatic hydroxyl groups excluding tert-OH is 1. The van der Waals surface area contributed by atoms with Crippen LogP contribution in [-0.2, 0) is 23.9 Å². The molecule has 2 aliphatic rings. The quantitative estimate of drug-likeness (QED) is 0.395. The zero-order chi connectivity index (χ0) is 23.0. The Morgan fingerprint density at radius 3 is 2.58 bits per heavy atom. The first kappa shape index (κ1) is 25.7. The van der Waals surface area contributed by atoms with E-state index in [1.165, 1.54) is 4.90 Å². The molecule has 31 heavy (non-hydrogen) atoms. The number of carbonyl (C=O) groups is 3. The molecule has 0 saturated carbocycles. The van der Waals surface area contributed by atoms with Gasteiger partial charge in [0.25, 0.3) is 11.7 Å². The van der Waals surface area contributed by atoms with E-state index in [9.17, 15) is 24.6 Å². The zero-order valence-electron chi connectivity index (χ0n) is 19.2. The second-order valence-corrected chi connectivity index (χ2v) is 9.18. The summed E-state index contributed by atoms with van der Waals surface area (Å²) < 4.78 is 10.8. The summed E-state index contributed by atoms with van der Waals surface area (Å²) in [6, 6.07) is -0.828. The first-order valence-electron chi connectivity index (χ1n) is 11.8. The SMILES string of the molecule is CCCC(O)CCC(C)COC(=O)C1CCCCN1C(=O)C(=O)C1(O)OCCCC1C. The van der Waals surface area contributed by atoms with Gasteiger partial charge in [0.1, 0.15) is 6.04 Å². The molecule has 5 unspecified atom stereocenters. The lowest BCUT2D eigenvalue weighted by molar-refractivity contribution is -0.240. The third kappa shape index (κ3) is 6.73. The first-order chi connectivity index (χ1) is 14.7. The molecule has 8 nitrogen and oxygen atoms in total. The Kier molecular flexibility index (Phi) is 9.90. The van der Waals surface area contributed by atoms with Gasteiger partial charge in [-0.15, -0.1) is 0 Å². The van der Waals surface area contributed by atoms with Crippen molar-refractivity contribution in [2.75, 3.05) is 19.8 Å². The van der Waals surface area contributed by atoms with E-state index in [4.69, 9.17) is 9.47 Å². The normalized spacial score (nSPS) is 28.6. The number of piperidine rings is 1. The summed E-state index contributed by atoms with van der Waals surface area (Å²) in [6.45, 7) is 6.36. The summed E-state index contributed by atoms with van der Waals surface area (Å²) in [5.74, 6) is -4.94. The van der Waals surface area contributed by atoms with Gasteiger partial charge in [0.2, 0.25) is 5.79 Å². The smallest absolute Gasteiger partial charge is 0.328 e. The van der Waals surface area contributed by atoms with Crippen LogP contribution in [0, 0.1) is 11.8 Å². The molecule has 2 fully saturated rings. The molecule has 2 aliphatic heterocycles. The van der Waals surface area contributed by atoms with Crippen LogP contribution in [0.25, 0.3) is 0 Å². The van der Waals surface area contributed by atoms with Gasteiger partial charge in [-0.1, -0.05) is 27.2 Å². The van der Waals surface area contributed by atoms with E-state index < -0.39 is 35.4 Å². The van der Waals surface area contributed by atoms with Crippen molar-refractivity contribution >= 4 is 17.7 Å². The molecule has 178 valence electrons. The van der Waals surface area contributed by atoms with Crippen LogP contribution in [0.4, 0.5) is 0 Å². The zero-order valence-corrected chi connectivity index (χ0v) is 19.2. The van der Waals surface area contributed by atoms with Gasteiger partial charge in [-0.05, 0) is 57.3 Å². The number of Topliss-reactive ketones (excluding diaryl/α,β-unsaturated/α-hetero) is 1. The Morgan fingerprint density at radius 2 is 1.90 bits per heavy atom. The van der Waals surface area contributed by atoms with Crippen LogP contribution in [0.5, 0.6) is 0 Å². The summed E-state index contributed by atoms with van der Waals surface area (Å²) >= 11 is 0. The van der Waals surface area contributed by atoms with E-state index in [0.29, 0.717) is 25.7 Å². The summed E-state index contributed by atoms with van der Waals surface area (Å²) in [5.41, 5.74) is 0. The fourth-order valence-corrected chi connectivity index (χ4v) is 4.31. The highest BCUT2D eigenvalue weighted by Gasteiger charge is 2.50. The molecule has 0 bridgehead atoms. The van der Waals surface area contributed by atoms with Gasteiger partial charge in [-0.25, -0.2) is 4.79 Å². The monoisotopic (exact) mass is 441 g/mol. The third-order valence-corrected chi connectivity index (χ3v) is 6.45. The number of likely N-dealkylation sites (tertiary alicyclic amines) is 1. The predicted octanol–water partition coefficient (Wildman–Crippen LogP) is 2.19. The highest BCUT2D eigenvalue weighted by Crippen LogP contribution is 2.31. The van der Waals surface area contributed by atoms with E-state index in [1.54, 1.807) is 6.92 Å². The van der Waals surface area contributed by atoms with Crippen molar-refractivity contribution in [2.24, 2.45) is 11.8 Å². The standard InChI is InChI=1S/C23H39NO7/c1-4-8-18(25)12-11-16(2)15-30-22(28)19-10-5-6-13-24(19)21(27)20(26)23(29)17(3)9-7-14-31-23/h16-19,25,29H,4-15H2,1-3H3. The van der Waals surface area contributed by atoms with E-state index in [0.717, 1.165) is 32.1 Å². The van der Waals surface area contributed by atoms with E-state index in [2.05, 4.69) is 0 Å². The molecule has 0 aromatic rings. The Balaban J connectivity index is 1.94. The maximum Gasteiger partial charge on any atom is 0.328 e. The molecule has 1 amide bonds. The number of esters is 1. The summed E-state index contributed by atoms with van der Waals surface area (Å²) in [7, 11) is 0. The molecule has 8 heteroatoms. The Hall–Kier alpha value is -1.51. The van der Waals surface area contributed by atoms with Crippen molar-refractivity contribution in [2.45, 2.75) is 96.5 Å². The lowest BCUT2D eigenvalue weighted by atomic mass is 9.88. The minimum atomic E-state index is -2.13. The number of hydrogen-bond acceptors (Lipinski definition) is 7. The maximum atomic E-state index is 12.9. The molecule has 2 heterocycles. The Bertz CT molecular complexity index is 625. The van der Waals surface area contributed by atoms with Gasteiger partial charge in [-0.3, -0.25) is 9.59 Å². The fourth-order valence-electron chi connectivity index (χ4n) is 4.31. The summed E-state index contributed by atoms with van der Waals surface area (Å²) in [6.07, 6.45) is 5.92. The maximum absolute atomic E-state index is 12.9. The first-order valence-corrected chi connectivity index (χ1v) is 11.8. The van der Waals surface area contributed by atoms with Crippen molar-refractivity contribution < 1.29 is 34.1 Å².